The van der Waals surface area contributed by atoms with Crippen LogP contribution in [0.25, 0.3) is 0 Å². The van der Waals surface area contributed by atoms with Crippen molar-refractivity contribution in [1.82, 2.24) is 5.32 Å². The van der Waals surface area contributed by atoms with Gasteiger partial charge in [0.25, 0.3) is 5.91 Å². The fourth-order valence-electron chi connectivity index (χ4n) is 2.16. The highest BCUT2D eigenvalue weighted by Crippen LogP contribution is 2.23. The molecule has 1 rings (SSSR count). The lowest BCUT2D eigenvalue weighted by Crippen LogP contribution is -2.46. The molecule has 1 aromatic rings. The zero-order chi connectivity index (χ0) is 15.2. The number of nitrogens with one attached hydrogen (secondary N) is 1. The second-order valence-corrected chi connectivity index (χ2v) is 6.03. The molecule has 2 unspecified atom stereocenters. The number of nitrogens with two attached hydrogens (primary N) is 1. The van der Waals surface area contributed by atoms with E-state index in [0.717, 1.165) is 12.0 Å². The molecule has 1 aromatic carbocycles. The van der Waals surface area contributed by atoms with Crippen molar-refractivity contribution in [2.75, 3.05) is 13.7 Å². The smallest absolute Gasteiger partial charge is 0.253 e. The van der Waals surface area contributed by atoms with E-state index >= 15 is 0 Å². The van der Waals surface area contributed by atoms with Gasteiger partial charge in [-0.15, -0.1) is 0 Å². The molecule has 0 bridgehead atoms. The van der Waals surface area contributed by atoms with E-state index in [4.69, 9.17) is 10.5 Å². The fraction of sp³-hybridized carbons (Fsp3) is 0.562. The lowest BCUT2D eigenvalue weighted by molar-refractivity contribution is -0.133. The maximum Gasteiger partial charge on any atom is 0.253 e. The van der Waals surface area contributed by atoms with Gasteiger partial charge in [0.2, 0.25) is 0 Å². The molecule has 0 aliphatic rings. The van der Waals surface area contributed by atoms with Gasteiger partial charge in [0.1, 0.15) is 0 Å². The molecule has 20 heavy (non-hydrogen) atoms. The molecule has 4 heteroatoms. The highest BCUT2D eigenvalue weighted by molar-refractivity contribution is 5.82. The van der Waals surface area contributed by atoms with Gasteiger partial charge in [-0.2, -0.15) is 0 Å². The lowest BCUT2D eigenvalue weighted by atomic mass is 9.84. The van der Waals surface area contributed by atoms with Crippen molar-refractivity contribution in [2.45, 2.75) is 39.3 Å². The van der Waals surface area contributed by atoms with Crippen LogP contribution in [0, 0.1) is 5.41 Å². The van der Waals surface area contributed by atoms with Crippen molar-refractivity contribution in [3.63, 3.8) is 0 Å². The molecule has 0 aliphatic carbocycles. The van der Waals surface area contributed by atoms with E-state index in [1.165, 1.54) is 0 Å². The largest absolute Gasteiger partial charge is 0.367 e. The van der Waals surface area contributed by atoms with Crippen LogP contribution in [0.5, 0.6) is 0 Å². The zero-order valence-electron chi connectivity index (χ0n) is 12.8. The molecule has 3 N–H and O–H groups in total. The van der Waals surface area contributed by atoms with Crippen molar-refractivity contribution in [1.29, 1.82) is 0 Å². The Labute approximate surface area is 121 Å². The minimum atomic E-state index is -0.584. The van der Waals surface area contributed by atoms with Gasteiger partial charge < -0.3 is 15.8 Å². The van der Waals surface area contributed by atoms with E-state index in [0.29, 0.717) is 6.54 Å². The van der Waals surface area contributed by atoms with Gasteiger partial charge in [0, 0.05) is 13.2 Å². The topological polar surface area (TPSA) is 64.3 Å². The Balaban J connectivity index is 2.81. The van der Waals surface area contributed by atoms with Gasteiger partial charge in [-0.25, -0.2) is 0 Å². The minimum absolute atomic E-state index is 0.0290. The van der Waals surface area contributed by atoms with Gasteiger partial charge in [0.15, 0.2) is 6.10 Å². The van der Waals surface area contributed by atoms with Crippen LogP contribution in [-0.4, -0.2) is 25.6 Å². The fourth-order valence-corrected chi connectivity index (χ4v) is 2.16. The van der Waals surface area contributed by atoms with Gasteiger partial charge in [-0.05, 0) is 23.9 Å². The van der Waals surface area contributed by atoms with Gasteiger partial charge in [-0.3, -0.25) is 4.79 Å². The van der Waals surface area contributed by atoms with E-state index in [1.807, 2.05) is 30.3 Å². The number of ether oxygens (including phenoxy) is 1. The number of carbonyl (C=O) groups is 1. The molecule has 0 radical (unpaired) electrons. The Morgan fingerprint density at radius 3 is 2.35 bits per heavy atom. The number of benzene rings is 1. The summed E-state index contributed by atoms with van der Waals surface area (Å²) in [6.45, 7) is 6.83. The molecule has 0 saturated carbocycles. The number of carbonyl (C=O) groups excluding carboxylic acids is 1. The molecule has 4 nitrogen and oxygen atoms in total. The maximum absolute atomic E-state index is 12.4. The molecule has 0 saturated heterocycles. The minimum Gasteiger partial charge on any atom is -0.367 e. The van der Waals surface area contributed by atoms with E-state index < -0.39 is 6.10 Å². The summed E-state index contributed by atoms with van der Waals surface area (Å²) in [6, 6.07) is 9.53. The summed E-state index contributed by atoms with van der Waals surface area (Å²) in [4.78, 5) is 12.4. The van der Waals surface area contributed by atoms with Crippen molar-refractivity contribution < 1.29 is 9.53 Å². The molecule has 0 aromatic heterocycles. The van der Waals surface area contributed by atoms with Gasteiger partial charge >= 0.3 is 0 Å². The normalized spacial score (nSPS) is 14.7. The molecule has 0 heterocycles. The van der Waals surface area contributed by atoms with Crippen LogP contribution in [0.4, 0.5) is 0 Å². The van der Waals surface area contributed by atoms with Crippen molar-refractivity contribution in [2.24, 2.45) is 11.1 Å². The third kappa shape index (κ3) is 4.62. The summed E-state index contributed by atoms with van der Waals surface area (Å²) in [5.74, 6) is -0.118. The standard InChI is InChI=1S/C16H26N2O2/c1-16(2,3)13(10-11-17)18-15(19)14(20-4)12-8-6-5-7-9-12/h5-9,13-14H,10-11,17H2,1-4H3,(H,18,19). The summed E-state index contributed by atoms with van der Waals surface area (Å²) in [5.41, 5.74) is 6.46. The second-order valence-electron chi connectivity index (χ2n) is 6.03. The number of rotatable bonds is 6. The Morgan fingerprint density at radius 2 is 1.90 bits per heavy atom. The lowest BCUT2D eigenvalue weighted by Gasteiger charge is -2.32. The Kier molecular flexibility index (Phi) is 6.17. The van der Waals surface area contributed by atoms with Crippen molar-refractivity contribution in [3.05, 3.63) is 35.9 Å². The molecule has 2 atom stereocenters. The van der Waals surface area contributed by atoms with E-state index in [1.54, 1.807) is 7.11 Å². The summed E-state index contributed by atoms with van der Waals surface area (Å²) >= 11 is 0. The van der Waals surface area contributed by atoms with Crippen LogP contribution < -0.4 is 11.1 Å². The molecule has 0 aliphatic heterocycles. The second kappa shape index (κ2) is 7.41. The predicted octanol–water partition coefficient (Wildman–Crippen LogP) is 2.25. The molecule has 1 amide bonds. The Bertz CT molecular complexity index is 412. The Hall–Kier alpha value is -1.39. The predicted molar refractivity (Wildman–Crippen MR) is 81.2 cm³/mol. The quantitative estimate of drug-likeness (QED) is 0.839. The molecule has 0 fully saturated rings. The summed E-state index contributed by atoms with van der Waals surface area (Å²) in [7, 11) is 1.55. The summed E-state index contributed by atoms with van der Waals surface area (Å²) in [6.07, 6.45) is 0.166. The first kappa shape index (κ1) is 16.7. The number of hydrogen-bond acceptors (Lipinski definition) is 3. The third-order valence-electron chi connectivity index (χ3n) is 3.39. The zero-order valence-corrected chi connectivity index (χ0v) is 12.8. The van der Waals surface area contributed by atoms with Crippen molar-refractivity contribution >= 4 is 5.91 Å². The number of methoxy groups -OCH3 is 1. The van der Waals surface area contributed by atoms with Crippen LogP contribution in [-0.2, 0) is 9.53 Å². The molecular weight excluding hydrogens is 252 g/mol. The first-order valence-electron chi connectivity index (χ1n) is 6.98. The average Bonchev–Trinajstić information content (AvgIpc) is 2.39. The third-order valence-corrected chi connectivity index (χ3v) is 3.39. The van der Waals surface area contributed by atoms with Gasteiger partial charge in [-0.1, -0.05) is 51.1 Å². The molecule has 112 valence electrons. The monoisotopic (exact) mass is 278 g/mol. The molecule has 0 spiro atoms. The average molecular weight is 278 g/mol. The van der Waals surface area contributed by atoms with Gasteiger partial charge in [0.05, 0.1) is 0 Å². The first-order valence-corrected chi connectivity index (χ1v) is 6.98. The van der Waals surface area contributed by atoms with Crippen LogP contribution in [0.15, 0.2) is 30.3 Å². The van der Waals surface area contributed by atoms with E-state index in [2.05, 4.69) is 26.1 Å². The SMILES string of the molecule is COC(C(=O)NC(CCN)C(C)(C)C)c1ccccc1. The van der Waals surface area contributed by atoms with Crippen LogP contribution in [0.2, 0.25) is 0 Å². The number of hydrogen-bond donors (Lipinski definition) is 2. The summed E-state index contributed by atoms with van der Waals surface area (Å²) < 4.78 is 5.35. The Morgan fingerprint density at radius 1 is 1.30 bits per heavy atom. The highest BCUT2D eigenvalue weighted by atomic mass is 16.5. The van der Waals surface area contributed by atoms with E-state index in [9.17, 15) is 4.79 Å². The van der Waals surface area contributed by atoms with Crippen LogP contribution in [0.3, 0.4) is 0 Å². The first-order chi connectivity index (χ1) is 9.40. The van der Waals surface area contributed by atoms with Crippen molar-refractivity contribution in [3.8, 4) is 0 Å². The molecular formula is C16H26N2O2. The van der Waals surface area contributed by atoms with Crippen LogP contribution in [0.1, 0.15) is 38.9 Å². The van der Waals surface area contributed by atoms with E-state index in [-0.39, 0.29) is 17.4 Å². The maximum atomic E-state index is 12.4. The summed E-state index contributed by atoms with van der Waals surface area (Å²) in [5, 5.41) is 3.06. The highest BCUT2D eigenvalue weighted by Gasteiger charge is 2.29. The number of amides is 1. The van der Waals surface area contributed by atoms with Crippen LogP contribution >= 0.6 is 0 Å².